The fraction of sp³-hybridized carbons (Fsp3) is 0.714. The molecule has 3 aliphatic rings. The van der Waals surface area contributed by atoms with Gasteiger partial charge in [-0.05, 0) is 62.5 Å². The molecule has 134 valence electrons. The molecule has 0 spiro atoms. The number of ether oxygens (including phenoxy) is 1. The largest absolute Gasteiger partial charge is 0.393 e. The molecule has 0 amide bonds. The molecule has 0 aromatic carbocycles. The predicted molar refractivity (Wildman–Crippen MR) is 96.6 cm³/mol. The van der Waals surface area contributed by atoms with Crippen molar-refractivity contribution in [1.29, 1.82) is 0 Å². The third kappa shape index (κ3) is 3.26. The van der Waals surface area contributed by atoms with E-state index in [9.17, 15) is 10.2 Å². The van der Waals surface area contributed by atoms with Gasteiger partial charge in [-0.15, -0.1) is 0 Å². The minimum absolute atomic E-state index is 0.265. The van der Waals surface area contributed by atoms with Gasteiger partial charge in [0.1, 0.15) is 0 Å². The van der Waals surface area contributed by atoms with E-state index in [-0.39, 0.29) is 5.41 Å². The van der Waals surface area contributed by atoms with Crippen LogP contribution in [-0.4, -0.2) is 35.1 Å². The van der Waals surface area contributed by atoms with Gasteiger partial charge in [0.2, 0.25) is 0 Å². The summed E-state index contributed by atoms with van der Waals surface area (Å²) >= 11 is 0. The first-order valence-electron chi connectivity index (χ1n) is 9.52. The molecule has 2 N–H and O–H groups in total. The van der Waals surface area contributed by atoms with E-state index in [0.717, 1.165) is 30.6 Å². The third-order valence-electron chi connectivity index (χ3n) is 6.51. The van der Waals surface area contributed by atoms with Crippen molar-refractivity contribution in [1.82, 2.24) is 0 Å². The Morgan fingerprint density at radius 3 is 2.83 bits per heavy atom. The lowest BCUT2D eigenvalue weighted by atomic mass is 9.66. The molecule has 3 nitrogen and oxygen atoms in total. The van der Waals surface area contributed by atoms with E-state index in [4.69, 9.17) is 4.74 Å². The van der Waals surface area contributed by atoms with E-state index in [0.29, 0.717) is 24.9 Å². The summed E-state index contributed by atoms with van der Waals surface area (Å²) in [5, 5.41) is 19.9. The lowest BCUT2D eigenvalue weighted by molar-refractivity contribution is -0.0286. The number of rotatable bonds is 3. The number of fused-ring (bicyclic) bond motifs is 1. The first-order chi connectivity index (χ1) is 11.5. The van der Waals surface area contributed by atoms with Crippen molar-refractivity contribution in [3.05, 3.63) is 35.5 Å². The lowest BCUT2D eigenvalue weighted by Gasteiger charge is -2.41. The number of aliphatic hydroxyl groups excluding tert-OH is 2. The predicted octanol–water partition coefficient (Wildman–Crippen LogP) is 3.92. The van der Waals surface area contributed by atoms with Crippen LogP contribution >= 0.6 is 0 Å². The van der Waals surface area contributed by atoms with Gasteiger partial charge >= 0.3 is 0 Å². The van der Waals surface area contributed by atoms with Gasteiger partial charge in [0.25, 0.3) is 0 Å². The van der Waals surface area contributed by atoms with Crippen LogP contribution in [0.25, 0.3) is 0 Å². The van der Waals surface area contributed by atoms with E-state index < -0.39 is 12.2 Å². The van der Waals surface area contributed by atoms with E-state index in [1.54, 1.807) is 0 Å². The first kappa shape index (κ1) is 17.9. The molecule has 3 rings (SSSR count). The zero-order valence-corrected chi connectivity index (χ0v) is 15.1. The van der Waals surface area contributed by atoms with Crippen LogP contribution in [-0.2, 0) is 4.74 Å². The molecule has 0 radical (unpaired) electrons. The van der Waals surface area contributed by atoms with Gasteiger partial charge < -0.3 is 14.9 Å². The molecule has 3 saturated carbocycles. The van der Waals surface area contributed by atoms with Crippen molar-refractivity contribution in [3.63, 3.8) is 0 Å². The SMILES string of the molecule is C=C1/C(=C\C=C2/CCC[C@]3(C)C(OCC)CC[C@@H]23)C[C@@H](O)C[C@@H]1O. The summed E-state index contributed by atoms with van der Waals surface area (Å²) in [5.74, 6) is 0.603. The minimum atomic E-state index is -0.608. The summed E-state index contributed by atoms with van der Waals surface area (Å²) in [6.45, 7) is 9.30. The number of aliphatic hydroxyl groups is 2. The van der Waals surface area contributed by atoms with Crippen LogP contribution in [0.3, 0.4) is 0 Å². The van der Waals surface area contributed by atoms with E-state index in [2.05, 4.69) is 32.6 Å². The zero-order valence-electron chi connectivity index (χ0n) is 15.1. The van der Waals surface area contributed by atoms with E-state index in [1.807, 2.05) is 0 Å². The van der Waals surface area contributed by atoms with Gasteiger partial charge in [0, 0.05) is 18.4 Å². The summed E-state index contributed by atoms with van der Waals surface area (Å²) in [5.41, 5.74) is 3.55. The van der Waals surface area contributed by atoms with Crippen LogP contribution in [0, 0.1) is 11.3 Å². The molecule has 3 aliphatic carbocycles. The Hall–Kier alpha value is -0.900. The molecule has 0 bridgehead atoms. The Balaban J connectivity index is 1.80. The maximum Gasteiger partial charge on any atom is 0.0811 e. The standard InChI is InChI=1S/C21H32O3/c1-4-24-20-10-9-18-15(6-5-11-21(18,20)3)7-8-16-12-17(22)13-19(23)14(16)2/h7-8,17-20,22-23H,2,4-6,9-13H2,1,3H3/b15-7+,16-8-/t17-,18+,19+,20?,21+/m1/s1. The fourth-order valence-corrected chi connectivity index (χ4v) is 5.13. The van der Waals surface area contributed by atoms with Gasteiger partial charge in [-0.2, -0.15) is 0 Å². The van der Waals surface area contributed by atoms with Crippen LogP contribution in [0.4, 0.5) is 0 Å². The Kier molecular flexibility index (Phi) is 5.33. The average molecular weight is 332 g/mol. The Bertz CT molecular complexity index is 547. The van der Waals surface area contributed by atoms with Crippen LogP contribution in [0.1, 0.15) is 58.8 Å². The van der Waals surface area contributed by atoms with Crippen LogP contribution in [0.2, 0.25) is 0 Å². The van der Waals surface area contributed by atoms with Crippen molar-refractivity contribution >= 4 is 0 Å². The lowest BCUT2D eigenvalue weighted by Crippen LogP contribution is -2.37. The van der Waals surface area contributed by atoms with Crippen LogP contribution < -0.4 is 0 Å². The number of hydrogen-bond acceptors (Lipinski definition) is 3. The second-order valence-electron chi connectivity index (χ2n) is 8.00. The normalized spacial score (nSPS) is 43.4. The van der Waals surface area contributed by atoms with E-state index in [1.165, 1.54) is 24.8 Å². The second kappa shape index (κ2) is 7.15. The van der Waals surface area contributed by atoms with E-state index >= 15 is 0 Å². The Morgan fingerprint density at radius 1 is 1.29 bits per heavy atom. The Morgan fingerprint density at radius 2 is 2.08 bits per heavy atom. The quantitative estimate of drug-likeness (QED) is 0.823. The summed E-state index contributed by atoms with van der Waals surface area (Å²) in [4.78, 5) is 0. The smallest absolute Gasteiger partial charge is 0.0811 e. The number of allylic oxidation sites excluding steroid dienone is 3. The van der Waals surface area contributed by atoms with Crippen molar-refractivity contribution in [2.24, 2.45) is 11.3 Å². The highest BCUT2D eigenvalue weighted by Crippen LogP contribution is 2.55. The highest BCUT2D eigenvalue weighted by Gasteiger charge is 2.49. The maximum absolute atomic E-state index is 10.0. The maximum atomic E-state index is 10.0. The van der Waals surface area contributed by atoms with Gasteiger partial charge in [0.15, 0.2) is 0 Å². The van der Waals surface area contributed by atoms with Crippen molar-refractivity contribution < 1.29 is 14.9 Å². The van der Waals surface area contributed by atoms with Crippen LogP contribution in [0.15, 0.2) is 35.5 Å². The average Bonchev–Trinajstić information content (AvgIpc) is 2.87. The highest BCUT2D eigenvalue weighted by atomic mass is 16.5. The second-order valence-corrected chi connectivity index (χ2v) is 8.00. The molecule has 3 fully saturated rings. The Labute approximate surface area is 146 Å². The third-order valence-corrected chi connectivity index (χ3v) is 6.51. The minimum Gasteiger partial charge on any atom is -0.393 e. The molecule has 24 heavy (non-hydrogen) atoms. The molecule has 3 heteroatoms. The van der Waals surface area contributed by atoms with Crippen molar-refractivity contribution in [3.8, 4) is 0 Å². The van der Waals surface area contributed by atoms with Crippen LogP contribution in [0.5, 0.6) is 0 Å². The van der Waals surface area contributed by atoms with Crippen molar-refractivity contribution in [2.75, 3.05) is 6.61 Å². The summed E-state index contributed by atoms with van der Waals surface area (Å²) in [7, 11) is 0. The monoisotopic (exact) mass is 332 g/mol. The molecular weight excluding hydrogens is 300 g/mol. The number of hydrogen-bond donors (Lipinski definition) is 2. The zero-order chi connectivity index (χ0) is 17.3. The molecule has 5 atom stereocenters. The van der Waals surface area contributed by atoms with Gasteiger partial charge in [-0.1, -0.05) is 31.2 Å². The fourth-order valence-electron chi connectivity index (χ4n) is 5.13. The topological polar surface area (TPSA) is 49.7 Å². The summed E-state index contributed by atoms with van der Waals surface area (Å²) in [6, 6.07) is 0. The van der Waals surface area contributed by atoms with Gasteiger partial charge in [0.05, 0.1) is 18.3 Å². The molecule has 0 saturated heterocycles. The molecular formula is C21H32O3. The molecule has 0 aliphatic heterocycles. The van der Waals surface area contributed by atoms with Gasteiger partial charge in [-0.3, -0.25) is 0 Å². The first-order valence-corrected chi connectivity index (χ1v) is 9.52. The molecule has 1 unspecified atom stereocenters. The van der Waals surface area contributed by atoms with Crippen molar-refractivity contribution in [2.45, 2.75) is 77.1 Å². The molecule has 0 aromatic heterocycles. The molecule has 0 heterocycles. The van der Waals surface area contributed by atoms with Gasteiger partial charge in [-0.25, -0.2) is 0 Å². The molecule has 0 aromatic rings. The highest BCUT2D eigenvalue weighted by molar-refractivity contribution is 5.38. The summed E-state index contributed by atoms with van der Waals surface area (Å²) in [6.07, 6.45) is 10.7. The summed E-state index contributed by atoms with van der Waals surface area (Å²) < 4.78 is 6.04.